The Bertz CT molecular complexity index is 130. The van der Waals surface area contributed by atoms with Crippen molar-refractivity contribution in [2.75, 3.05) is 0 Å². The Morgan fingerprint density at radius 3 is 1.73 bits per heavy atom. The van der Waals surface area contributed by atoms with Crippen molar-refractivity contribution in [1.82, 2.24) is 0 Å². The Balaban J connectivity index is 2.00. The molecule has 11 heavy (non-hydrogen) atoms. The van der Waals surface area contributed by atoms with Crippen LogP contribution in [0.4, 0.5) is 0 Å². The van der Waals surface area contributed by atoms with Gasteiger partial charge in [0.1, 0.15) is 0 Å². The molecule has 0 heterocycles. The smallest absolute Gasteiger partial charge is 0.0273 e. The van der Waals surface area contributed by atoms with E-state index < -0.39 is 0 Å². The second kappa shape index (κ2) is 3.37. The summed E-state index contributed by atoms with van der Waals surface area (Å²) in [7, 11) is 0. The van der Waals surface area contributed by atoms with Crippen LogP contribution >= 0.6 is 31.9 Å². The summed E-state index contributed by atoms with van der Waals surface area (Å²) in [6.07, 6.45) is 7.27. The zero-order valence-corrected chi connectivity index (χ0v) is 9.77. The molecule has 0 saturated heterocycles. The molecule has 2 saturated carbocycles. The first-order valence-electron chi connectivity index (χ1n) is 4.55. The van der Waals surface area contributed by atoms with Gasteiger partial charge in [0.15, 0.2) is 0 Å². The van der Waals surface area contributed by atoms with Gasteiger partial charge < -0.3 is 0 Å². The topological polar surface area (TPSA) is 0 Å². The minimum atomic E-state index is 0.738. The van der Waals surface area contributed by atoms with E-state index >= 15 is 0 Å². The average molecular weight is 282 g/mol. The van der Waals surface area contributed by atoms with Crippen LogP contribution in [0.3, 0.4) is 0 Å². The van der Waals surface area contributed by atoms with E-state index in [9.17, 15) is 0 Å². The molecule has 2 fully saturated rings. The molecule has 0 bridgehead atoms. The van der Waals surface area contributed by atoms with Gasteiger partial charge >= 0.3 is 0 Å². The molecular formula is C9H14Br2. The number of rotatable bonds is 0. The van der Waals surface area contributed by atoms with Gasteiger partial charge in [-0.2, -0.15) is 0 Å². The van der Waals surface area contributed by atoms with Crippen molar-refractivity contribution in [3.05, 3.63) is 0 Å². The van der Waals surface area contributed by atoms with Crippen LogP contribution in [0.15, 0.2) is 0 Å². The molecular weight excluding hydrogens is 268 g/mol. The van der Waals surface area contributed by atoms with Gasteiger partial charge in [-0.1, -0.05) is 51.1 Å². The lowest BCUT2D eigenvalue weighted by Crippen LogP contribution is -2.29. The number of hydrogen-bond donors (Lipinski definition) is 0. The van der Waals surface area contributed by atoms with Gasteiger partial charge in [0.25, 0.3) is 0 Å². The Morgan fingerprint density at radius 2 is 1.27 bits per heavy atom. The van der Waals surface area contributed by atoms with E-state index in [2.05, 4.69) is 31.9 Å². The number of hydrogen-bond acceptors (Lipinski definition) is 0. The predicted octanol–water partition coefficient (Wildman–Crippen LogP) is 3.72. The lowest BCUT2D eigenvalue weighted by atomic mass is 9.82. The van der Waals surface area contributed by atoms with Gasteiger partial charge in [-0.3, -0.25) is 0 Å². The highest BCUT2D eigenvalue weighted by molar-refractivity contribution is 9.12. The summed E-state index contributed by atoms with van der Waals surface area (Å²) in [6.45, 7) is 0. The van der Waals surface area contributed by atoms with E-state index in [1.807, 2.05) is 0 Å². The van der Waals surface area contributed by atoms with Crippen LogP contribution in [0.1, 0.15) is 32.1 Å². The molecule has 0 spiro atoms. The largest absolute Gasteiger partial charge is 0.0878 e. The highest BCUT2D eigenvalue weighted by Gasteiger charge is 2.37. The zero-order chi connectivity index (χ0) is 7.84. The Kier molecular flexibility index (Phi) is 2.62. The van der Waals surface area contributed by atoms with E-state index in [1.165, 1.54) is 32.1 Å². The second-order valence-corrected chi connectivity index (χ2v) is 6.31. The maximum absolute atomic E-state index is 3.74. The molecule has 0 aromatic heterocycles. The number of halogens is 2. The molecule has 2 aliphatic carbocycles. The molecule has 0 N–H and O–H groups in total. The standard InChI is InChI=1S/C9H14Br2/c10-8-4-6-2-1-3-7(6)5-9(8)11/h6-9H,1-5H2. The summed E-state index contributed by atoms with van der Waals surface area (Å²) in [5, 5.41) is 0. The minimum absolute atomic E-state index is 0.738. The third-order valence-electron chi connectivity index (χ3n) is 3.26. The summed E-state index contributed by atoms with van der Waals surface area (Å²) in [6, 6.07) is 0. The number of fused-ring (bicyclic) bond motifs is 1. The van der Waals surface area contributed by atoms with E-state index in [0.29, 0.717) is 0 Å². The first-order chi connectivity index (χ1) is 5.27. The fourth-order valence-electron chi connectivity index (χ4n) is 2.61. The van der Waals surface area contributed by atoms with Crippen molar-refractivity contribution in [1.29, 1.82) is 0 Å². The SMILES string of the molecule is BrC1CC2CCCC2CC1Br. The van der Waals surface area contributed by atoms with E-state index in [4.69, 9.17) is 0 Å². The molecule has 0 aromatic carbocycles. The highest BCUT2D eigenvalue weighted by atomic mass is 79.9. The maximum Gasteiger partial charge on any atom is 0.0273 e. The third-order valence-corrected chi connectivity index (χ3v) is 6.00. The van der Waals surface area contributed by atoms with Crippen LogP contribution in [-0.2, 0) is 0 Å². The normalized spacial score (nSPS) is 50.7. The van der Waals surface area contributed by atoms with E-state index in [1.54, 1.807) is 0 Å². The predicted molar refractivity (Wildman–Crippen MR) is 55.5 cm³/mol. The van der Waals surface area contributed by atoms with Gasteiger partial charge in [0, 0.05) is 9.65 Å². The summed E-state index contributed by atoms with van der Waals surface area (Å²) >= 11 is 7.49. The summed E-state index contributed by atoms with van der Waals surface area (Å²) in [5.74, 6) is 2.10. The molecule has 4 atom stereocenters. The van der Waals surface area contributed by atoms with Gasteiger partial charge in [0.2, 0.25) is 0 Å². The van der Waals surface area contributed by atoms with Crippen LogP contribution in [0.5, 0.6) is 0 Å². The monoisotopic (exact) mass is 280 g/mol. The fraction of sp³-hybridized carbons (Fsp3) is 1.00. The molecule has 2 aliphatic rings. The van der Waals surface area contributed by atoms with Crippen molar-refractivity contribution in [2.45, 2.75) is 41.8 Å². The fourth-order valence-corrected chi connectivity index (χ4v) is 4.00. The summed E-state index contributed by atoms with van der Waals surface area (Å²) < 4.78 is 0. The maximum atomic E-state index is 3.74. The molecule has 0 nitrogen and oxygen atoms in total. The first-order valence-corrected chi connectivity index (χ1v) is 6.38. The third kappa shape index (κ3) is 1.67. The molecule has 0 amide bonds. The summed E-state index contributed by atoms with van der Waals surface area (Å²) in [4.78, 5) is 1.48. The summed E-state index contributed by atoms with van der Waals surface area (Å²) in [5.41, 5.74) is 0. The van der Waals surface area contributed by atoms with Crippen LogP contribution < -0.4 is 0 Å². The van der Waals surface area contributed by atoms with E-state index in [-0.39, 0.29) is 0 Å². The van der Waals surface area contributed by atoms with Gasteiger partial charge in [0.05, 0.1) is 0 Å². The van der Waals surface area contributed by atoms with Crippen LogP contribution in [0, 0.1) is 11.8 Å². The van der Waals surface area contributed by atoms with Crippen molar-refractivity contribution in [2.24, 2.45) is 11.8 Å². The quantitative estimate of drug-likeness (QED) is 0.594. The minimum Gasteiger partial charge on any atom is -0.0878 e. The lowest BCUT2D eigenvalue weighted by Gasteiger charge is -2.32. The van der Waals surface area contributed by atoms with Gasteiger partial charge in [-0.15, -0.1) is 0 Å². The molecule has 64 valence electrons. The molecule has 2 rings (SSSR count). The average Bonchev–Trinajstić information content (AvgIpc) is 2.36. The second-order valence-electron chi connectivity index (χ2n) is 3.95. The Morgan fingerprint density at radius 1 is 0.818 bits per heavy atom. The van der Waals surface area contributed by atoms with Crippen LogP contribution in [0.2, 0.25) is 0 Å². The highest BCUT2D eigenvalue weighted by Crippen LogP contribution is 2.45. The van der Waals surface area contributed by atoms with Crippen molar-refractivity contribution >= 4 is 31.9 Å². The molecule has 0 aliphatic heterocycles. The van der Waals surface area contributed by atoms with Gasteiger partial charge in [-0.05, 0) is 24.7 Å². The van der Waals surface area contributed by atoms with E-state index in [0.717, 1.165) is 21.5 Å². The molecule has 0 aromatic rings. The van der Waals surface area contributed by atoms with Gasteiger partial charge in [-0.25, -0.2) is 0 Å². The lowest BCUT2D eigenvalue weighted by molar-refractivity contribution is 0.294. The molecule has 4 unspecified atom stereocenters. The number of alkyl halides is 2. The zero-order valence-electron chi connectivity index (χ0n) is 6.60. The Hall–Kier alpha value is 0.960. The van der Waals surface area contributed by atoms with Crippen molar-refractivity contribution < 1.29 is 0 Å². The van der Waals surface area contributed by atoms with Crippen LogP contribution in [-0.4, -0.2) is 9.65 Å². The van der Waals surface area contributed by atoms with Crippen LogP contribution in [0.25, 0.3) is 0 Å². The molecule has 2 heteroatoms. The molecule has 0 radical (unpaired) electrons. The van der Waals surface area contributed by atoms with Crippen molar-refractivity contribution in [3.8, 4) is 0 Å². The first kappa shape index (κ1) is 8.55. The van der Waals surface area contributed by atoms with Crippen molar-refractivity contribution in [3.63, 3.8) is 0 Å². The Labute approximate surface area is 85.4 Å².